The van der Waals surface area contributed by atoms with Crippen molar-refractivity contribution in [3.63, 3.8) is 0 Å². The van der Waals surface area contributed by atoms with Crippen molar-refractivity contribution in [3.8, 4) is 17.2 Å². The zero-order chi connectivity index (χ0) is 28.7. The van der Waals surface area contributed by atoms with Gasteiger partial charge in [0.25, 0.3) is 0 Å². The van der Waals surface area contributed by atoms with Crippen molar-refractivity contribution in [3.05, 3.63) is 88.7 Å². The van der Waals surface area contributed by atoms with Gasteiger partial charge in [-0.25, -0.2) is 9.18 Å². The van der Waals surface area contributed by atoms with Gasteiger partial charge in [-0.2, -0.15) is 13.2 Å². The molecule has 3 aromatic carbocycles. The molecule has 0 amide bonds. The Kier molecular flexibility index (Phi) is 9.68. The lowest BCUT2D eigenvalue weighted by Crippen LogP contribution is -2.23. The molecule has 9 heteroatoms. The van der Waals surface area contributed by atoms with Crippen LogP contribution in [0.3, 0.4) is 0 Å². The zero-order valence-corrected chi connectivity index (χ0v) is 22.4. The molecular weight excluding hydrogens is 528 g/mol. The van der Waals surface area contributed by atoms with Crippen LogP contribution in [0.15, 0.2) is 60.7 Å². The second kappa shape index (κ2) is 13.2. The molecule has 0 spiro atoms. The number of halogens is 4. The van der Waals surface area contributed by atoms with Gasteiger partial charge in [0, 0.05) is 5.92 Å². The molecule has 0 aromatic heterocycles. The molecule has 3 aromatic rings. The molecule has 2 atom stereocenters. The smallest absolute Gasteiger partial charge is 0.419 e. The average molecular weight is 561 g/mol. The molecule has 214 valence electrons. The molecule has 4 rings (SSSR count). The first-order chi connectivity index (χ1) is 19.2. The molecule has 2 unspecified atom stereocenters. The largest absolute Gasteiger partial charge is 0.494 e. The average Bonchev–Trinajstić information content (AvgIpc) is 2.94. The molecule has 1 aliphatic rings. The van der Waals surface area contributed by atoms with Crippen molar-refractivity contribution >= 4 is 5.97 Å². The Morgan fingerprint density at radius 3 is 2.20 bits per heavy atom. The molecule has 40 heavy (non-hydrogen) atoms. The molecule has 0 aliphatic carbocycles. The Morgan fingerprint density at radius 1 is 0.925 bits per heavy atom. The van der Waals surface area contributed by atoms with E-state index < -0.39 is 35.2 Å². The van der Waals surface area contributed by atoms with E-state index in [9.17, 15) is 18.0 Å². The summed E-state index contributed by atoms with van der Waals surface area (Å²) in [4.78, 5) is 12.5. The molecule has 1 heterocycles. The quantitative estimate of drug-likeness (QED) is 0.108. The molecule has 1 aliphatic heterocycles. The van der Waals surface area contributed by atoms with E-state index in [1.807, 2.05) is 24.3 Å². The van der Waals surface area contributed by atoms with Gasteiger partial charge < -0.3 is 18.9 Å². The number of carbonyl (C=O) groups is 1. The number of alkyl halides is 3. The number of hydrogen-bond acceptors (Lipinski definition) is 5. The summed E-state index contributed by atoms with van der Waals surface area (Å²) in [5.74, 6) is -2.79. The number of esters is 1. The van der Waals surface area contributed by atoms with Crippen LogP contribution >= 0.6 is 0 Å². The van der Waals surface area contributed by atoms with E-state index in [1.54, 1.807) is 6.92 Å². The third kappa shape index (κ3) is 7.13. The van der Waals surface area contributed by atoms with E-state index >= 15 is 4.39 Å². The van der Waals surface area contributed by atoms with E-state index in [-0.39, 0.29) is 23.8 Å². The van der Waals surface area contributed by atoms with Crippen LogP contribution in [0.2, 0.25) is 0 Å². The summed E-state index contributed by atoms with van der Waals surface area (Å²) in [5, 5.41) is 0. The second-order valence-electron chi connectivity index (χ2n) is 9.55. The molecular formula is C31H32F4O5. The monoisotopic (exact) mass is 560 g/mol. The Bertz CT molecular complexity index is 1260. The topological polar surface area (TPSA) is 54.0 Å². The van der Waals surface area contributed by atoms with Crippen LogP contribution in [0.1, 0.15) is 78.6 Å². The molecule has 0 saturated carbocycles. The summed E-state index contributed by atoms with van der Waals surface area (Å²) in [6.07, 6.45) is -2.45. The molecule has 5 nitrogen and oxygen atoms in total. The number of hydrogen-bond donors (Lipinski definition) is 0. The highest BCUT2D eigenvalue weighted by molar-refractivity contribution is 5.91. The van der Waals surface area contributed by atoms with Crippen molar-refractivity contribution in [2.24, 2.45) is 0 Å². The minimum Gasteiger partial charge on any atom is -0.494 e. The third-order valence-electron chi connectivity index (χ3n) is 6.76. The first kappa shape index (κ1) is 29.4. The first-order valence-corrected chi connectivity index (χ1v) is 13.4. The lowest BCUT2D eigenvalue weighted by molar-refractivity contribution is -0.141. The SMILES string of the molecule is CCCCOc1ccc(C2CCC(c3ccc(OC(=O)c4ccc(OCC)cc4)c(F)c3C(F)(F)F)CO2)cc1. The van der Waals surface area contributed by atoms with Gasteiger partial charge in [0.15, 0.2) is 11.6 Å². The van der Waals surface area contributed by atoms with Crippen LogP contribution < -0.4 is 14.2 Å². The zero-order valence-electron chi connectivity index (χ0n) is 22.4. The number of benzene rings is 3. The van der Waals surface area contributed by atoms with Crippen LogP contribution in [0.4, 0.5) is 17.6 Å². The van der Waals surface area contributed by atoms with Crippen LogP contribution in [0.5, 0.6) is 17.2 Å². The summed E-state index contributed by atoms with van der Waals surface area (Å²) in [7, 11) is 0. The van der Waals surface area contributed by atoms with Crippen LogP contribution in [-0.2, 0) is 10.9 Å². The fourth-order valence-corrected chi connectivity index (χ4v) is 4.66. The Morgan fingerprint density at radius 2 is 1.60 bits per heavy atom. The van der Waals surface area contributed by atoms with Gasteiger partial charge in [-0.05, 0) is 79.8 Å². The molecule has 1 fully saturated rings. The molecule has 0 N–H and O–H groups in total. The third-order valence-corrected chi connectivity index (χ3v) is 6.76. The predicted molar refractivity (Wildman–Crippen MR) is 141 cm³/mol. The predicted octanol–water partition coefficient (Wildman–Crippen LogP) is 8.28. The molecule has 0 radical (unpaired) electrons. The number of carbonyl (C=O) groups excluding carboxylic acids is 1. The van der Waals surface area contributed by atoms with E-state index in [0.29, 0.717) is 31.8 Å². The maximum atomic E-state index is 15.2. The highest BCUT2D eigenvalue weighted by Gasteiger charge is 2.41. The van der Waals surface area contributed by atoms with Crippen LogP contribution in [0.25, 0.3) is 0 Å². The van der Waals surface area contributed by atoms with Gasteiger partial charge in [-0.15, -0.1) is 0 Å². The Labute approximate surface area is 231 Å². The summed E-state index contributed by atoms with van der Waals surface area (Å²) in [6.45, 7) is 4.94. The lowest BCUT2D eigenvalue weighted by atomic mass is 9.86. The summed E-state index contributed by atoms with van der Waals surface area (Å²) < 4.78 is 79.4. The number of unbranched alkanes of at least 4 members (excludes halogenated alkanes) is 1. The van der Waals surface area contributed by atoms with Gasteiger partial charge in [0.05, 0.1) is 37.1 Å². The fraction of sp³-hybridized carbons (Fsp3) is 0.387. The van der Waals surface area contributed by atoms with Crippen molar-refractivity contribution in [1.82, 2.24) is 0 Å². The minimum absolute atomic E-state index is 0.00669. The van der Waals surface area contributed by atoms with Crippen molar-refractivity contribution in [2.45, 2.75) is 57.7 Å². The summed E-state index contributed by atoms with van der Waals surface area (Å²) in [5.41, 5.74) is -0.707. The standard InChI is InChI=1S/C31H32F4O5/c1-3-5-18-38-24-11-6-20(7-12-24)26-16-10-22(19-39-26)25-15-17-27(29(32)28(25)31(33,34)35)40-30(36)21-8-13-23(14-9-21)37-4-2/h6-9,11-15,17,22,26H,3-5,10,16,18-19H2,1-2H3. The van der Waals surface area contributed by atoms with Gasteiger partial charge in [-0.3, -0.25) is 0 Å². The number of rotatable bonds is 10. The lowest BCUT2D eigenvalue weighted by Gasteiger charge is -2.31. The van der Waals surface area contributed by atoms with E-state index in [4.69, 9.17) is 18.9 Å². The molecule has 1 saturated heterocycles. The molecule has 0 bridgehead atoms. The highest BCUT2D eigenvalue weighted by atomic mass is 19.4. The first-order valence-electron chi connectivity index (χ1n) is 13.4. The van der Waals surface area contributed by atoms with Gasteiger partial charge in [-0.1, -0.05) is 31.5 Å². The highest BCUT2D eigenvalue weighted by Crippen LogP contribution is 2.44. The Hall–Kier alpha value is -3.59. The van der Waals surface area contributed by atoms with Gasteiger partial charge in [0.1, 0.15) is 11.5 Å². The summed E-state index contributed by atoms with van der Waals surface area (Å²) >= 11 is 0. The Balaban J connectivity index is 1.46. The van der Waals surface area contributed by atoms with E-state index in [1.165, 1.54) is 30.3 Å². The number of ether oxygens (including phenoxy) is 4. The van der Waals surface area contributed by atoms with E-state index in [2.05, 4.69) is 6.92 Å². The van der Waals surface area contributed by atoms with E-state index in [0.717, 1.165) is 30.2 Å². The maximum Gasteiger partial charge on any atom is 0.419 e. The van der Waals surface area contributed by atoms with Gasteiger partial charge in [0.2, 0.25) is 0 Å². The second-order valence-corrected chi connectivity index (χ2v) is 9.55. The van der Waals surface area contributed by atoms with Gasteiger partial charge >= 0.3 is 12.1 Å². The van der Waals surface area contributed by atoms with Crippen molar-refractivity contribution in [2.75, 3.05) is 19.8 Å². The fourth-order valence-electron chi connectivity index (χ4n) is 4.66. The van der Waals surface area contributed by atoms with Crippen LogP contribution in [0, 0.1) is 5.82 Å². The summed E-state index contributed by atoms with van der Waals surface area (Å²) in [6, 6.07) is 15.6. The van der Waals surface area contributed by atoms with Crippen molar-refractivity contribution in [1.29, 1.82) is 0 Å². The minimum atomic E-state index is -4.99. The van der Waals surface area contributed by atoms with Crippen LogP contribution in [-0.4, -0.2) is 25.8 Å². The van der Waals surface area contributed by atoms with Crippen molar-refractivity contribution < 1.29 is 41.3 Å². The normalized spacial score (nSPS) is 17.4. The maximum absolute atomic E-state index is 15.2.